The van der Waals surface area contributed by atoms with Crippen LogP contribution in [0.2, 0.25) is 0 Å². The van der Waals surface area contributed by atoms with Crippen molar-refractivity contribution in [1.29, 1.82) is 0 Å². The molecule has 1 aliphatic heterocycles. The van der Waals surface area contributed by atoms with Gasteiger partial charge in [-0.05, 0) is 18.6 Å². The first-order chi connectivity index (χ1) is 7.27. The maximum atomic E-state index is 5.39. The molecule has 0 amide bonds. The Kier molecular flexibility index (Phi) is 2.71. The molecular weight excluding hydrogens is 188 g/mol. The number of nitrogens with one attached hydrogen (secondary N) is 1. The highest BCUT2D eigenvalue weighted by Gasteiger charge is 2.24. The van der Waals surface area contributed by atoms with Gasteiger partial charge in [0.1, 0.15) is 11.4 Å². The monoisotopic (exact) mass is 206 g/mol. The predicted octanol–water partition coefficient (Wildman–Crippen LogP) is 2.34. The van der Waals surface area contributed by atoms with Gasteiger partial charge in [0.05, 0.1) is 12.8 Å². The molecule has 0 saturated heterocycles. The predicted molar refractivity (Wildman–Crippen MR) is 64.0 cm³/mol. The Hall–Kier alpha value is -1.38. The second-order valence-corrected chi connectivity index (χ2v) is 3.91. The van der Waals surface area contributed by atoms with Gasteiger partial charge in [0.15, 0.2) is 0 Å². The Morgan fingerprint density at radius 2 is 2.33 bits per heavy atom. The number of likely N-dealkylation sites (N-methyl/N-ethyl adjacent to an activating group) is 1. The van der Waals surface area contributed by atoms with E-state index in [2.05, 4.69) is 30.3 Å². The average molecular weight is 206 g/mol. The summed E-state index contributed by atoms with van der Waals surface area (Å²) in [6.07, 6.45) is 1.14. The molecule has 2 rings (SSSR count). The number of ether oxygens (including phenoxy) is 1. The molecule has 0 saturated carbocycles. The summed E-state index contributed by atoms with van der Waals surface area (Å²) in [5.74, 6) is 0.945. The molecule has 0 aliphatic carbocycles. The zero-order valence-corrected chi connectivity index (χ0v) is 9.58. The molecule has 1 aromatic rings. The van der Waals surface area contributed by atoms with Gasteiger partial charge in [0.25, 0.3) is 0 Å². The number of para-hydroxylation sites is 1. The minimum absolute atomic E-state index is 0.550. The Labute approximate surface area is 91.0 Å². The molecule has 1 N–H and O–H groups in total. The minimum atomic E-state index is 0.550. The maximum Gasteiger partial charge on any atom is 0.144 e. The largest absolute Gasteiger partial charge is 0.495 e. The average Bonchev–Trinajstić information content (AvgIpc) is 2.29. The van der Waals surface area contributed by atoms with Gasteiger partial charge in [0.2, 0.25) is 0 Å². The maximum absolute atomic E-state index is 5.39. The fourth-order valence-corrected chi connectivity index (χ4v) is 2.16. The number of nitrogens with zero attached hydrogens (tertiary/aromatic N) is 1. The highest BCUT2D eigenvalue weighted by Crippen LogP contribution is 2.39. The van der Waals surface area contributed by atoms with Crippen LogP contribution in [0.3, 0.4) is 0 Å². The van der Waals surface area contributed by atoms with Gasteiger partial charge in [-0.2, -0.15) is 0 Å². The summed E-state index contributed by atoms with van der Waals surface area (Å²) in [4.78, 5) is 2.31. The number of rotatable bonds is 2. The highest BCUT2D eigenvalue weighted by atomic mass is 16.5. The molecule has 82 valence electrons. The first kappa shape index (κ1) is 10.1. The van der Waals surface area contributed by atoms with Gasteiger partial charge in [-0.3, -0.25) is 0 Å². The molecule has 3 nitrogen and oxygen atoms in total. The lowest BCUT2D eigenvalue weighted by Crippen LogP contribution is -2.41. The van der Waals surface area contributed by atoms with Crippen molar-refractivity contribution in [2.75, 3.05) is 30.9 Å². The van der Waals surface area contributed by atoms with Crippen LogP contribution in [0.25, 0.3) is 0 Å². The van der Waals surface area contributed by atoms with E-state index in [4.69, 9.17) is 4.74 Å². The molecule has 1 aromatic carbocycles. The van der Waals surface area contributed by atoms with Crippen molar-refractivity contribution >= 4 is 11.4 Å². The van der Waals surface area contributed by atoms with Gasteiger partial charge < -0.3 is 15.0 Å². The fourth-order valence-electron chi connectivity index (χ4n) is 2.16. The third kappa shape index (κ3) is 1.62. The topological polar surface area (TPSA) is 24.5 Å². The normalized spacial score (nSPS) is 19.4. The van der Waals surface area contributed by atoms with Gasteiger partial charge in [-0.15, -0.1) is 0 Å². The molecule has 0 radical (unpaired) electrons. The lowest BCUT2D eigenvalue weighted by atomic mass is 10.1. The van der Waals surface area contributed by atoms with E-state index in [1.165, 1.54) is 11.4 Å². The van der Waals surface area contributed by atoms with Crippen molar-refractivity contribution in [1.82, 2.24) is 0 Å². The Bertz CT molecular complexity index is 337. The molecule has 3 heteroatoms. The number of fused-ring (bicyclic) bond motifs is 1. The molecule has 1 unspecified atom stereocenters. The summed E-state index contributed by atoms with van der Waals surface area (Å²) in [6, 6.07) is 6.67. The summed E-state index contributed by atoms with van der Waals surface area (Å²) in [7, 11) is 3.86. The van der Waals surface area contributed by atoms with E-state index in [1.807, 2.05) is 12.1 Å². The number of benzene rings is 1. The zero-order chi connectivity index (χ0) is 10.8. The van der Waals surface area contributed by atoms with E-state index < -0.39 is 0 Å². The van der Waals surface area contributed by atoms with Crippen LogP contribution in [-0.4, -0.2) is 26.7 Å². The number of methoxy groups -OCH3 is 1. The van der Waals surface area contributed by atoms with E-state index in [0.29, 0.717) is 6.04 Å². The standard InChI is InChI=1S/C12H18N2O/c1-4-9-8-13-10-6-5-7-11(15-3)12(10)14(9)2/h5-7,9,13H,4,8H2,1-3H3. The van der Waals surface area contributed by atoms with Crippen molar-refractivity contribution in [3.05, 3.63) is 18.2 Å². The zero-order valence-electron chi connectivity index (χ0n) is 9.58. The van der Waals surface area contributed by atoms with Gasteiger partial charge in [-0.25, -0.2) is 0 Å². The van der Waals surface area contributed by atoms with Crippen LogP contribution in [0.15, 0.2) is 18.2 Å². The van der Waals surface area contributed by atoms with Crippen LogP contribution >= 0.6 is 0 Å². The van der Waals surface area contributed by atoms with Gasteiger partial charge in [0, 0.05) is 19.6 Å². The van der Waals surface area contributed by atoms with Crippen molar-refractivity contribution < 1.29 is 4.74 Å². The van der Waals surface area contributed by atoms with E-state index >= 15 is 0 Å². The number of hydrogen-bond donors (Lipinski definition) is 1. The lowest BCUT2D eigenvalue weighted by Gasteiger charge is -2.37. The summed E-state index contributed by atoms with van der Waals surface area (Å²) in [5, 5.41) is 3.45. The van der Waals surface area contributed by atoms with Crippen molar-refractivity contribution in [2.45, 2.75) is 19.4 Å². The third-order valence-corrected chi connectivity index (χ3v) is 3.12. The SMILES string of the molecule is CCC1CNc2cccc(OC)c2N1C. The molecule has 0 bridgehead atoms. The second kappa shape index (κ2) is 4.01. The first-order valence-electron chi connectivity index (χ1n) is 5.41. The van der Waals surface area contributed by atoms with Crippen LogP contribution in [0.1, 0.15) is 13.3 Å². The quantitative estimate of drug-likeness (QED) is 0.803. The molecule has 1 aliphatic rings. The van der Waals surface area contributed by atoms with Crippen LogP contribution in [0.4, 0.5) is 11.4 Å². The van der Waals surface area contributed by atoms with Crippen molar-refractivity contribution in [2.24, 2.45) is 0 Å². The molecule has 0 spiro atoms. The second-order valence-electron chi connectivity index (χ2n) is 3.91. The summed E-state index contributed by atoms with van der Waals surface area (Å²) < 4.78 is 5.39. The number of anilines is 2. The molecular formula is C12H18N2O. The fraction of sp³-hybridized carbons (Fsp3) is 0.500. The smallest absolute Gasteiger partial charge is 0.144 e. The molecule has 0 aromatic heterocycles. The Morgan fingerprint density at radius 1 is 1.53 bits per heavy atom. The summed E-state index contributed by atoms with van der Waals surface area (Å²) >= 11 is 0. The van der Waals surface area contributed by atoms with Gasteiger partial charge >= 0.3 is 0 Å². The molecule has 1 heterocycles. The van der Waals surface area contributed by atoms with E-state index in [-0.39, 0.29) is 0 Å². The third-order valence-electron chi connectivity index (χ3n) is 3.12. The van der Waals surface area contributed by atoms with Crippen LogP contribution in [0.5, 0.6) is 5.75 Å². The highest BCUT2D eigenvalue weighted by molar-refractivity contribution is 5.78. The molecule has 1 atom stereocenters. The molecule has 0 fully saturated rings. The Balaban J connectivity index is 2.43. The lowest BCUT2D eigenvalue weighted by molar-refractivity contribution is 0.412. The van der Waals surface area contributed by atoms with Gasteiger partial charge in [-0.1, -0.05) is 13.0 Å². The summed E-state index contributed by atoms with van der Waals surface area (Å²) in [6.45, 7) is 3.22. The van der Waals surface area contributed by atoms with E-state index in [0.717, 1.165) is 18.7 Å². The van der Waals surface area contributed by atoms with Crippen LogP contribution < -0.4 is 15.0 Å². The van der Waals surface area contributed by atoms with E-state index in [9.17, 15) is 0 Å². The first-order valence-corrected chi connectivity index (χ1v) is 5.41. The number of hydrogen-bond acceptors (Lipinski definition) is 3. The van der Waals surface area contributed by atoms with Crippen molar-refractivity contribution in [3.8, 4) is 5.75 Å². The summed E-state index contributed by atoms with van der Waals surface area (Å²) in [5.41, 5.74) is 2.35. The van der Waals surface area contributed by atoms with Crippen LogP contribution in [0, 0.1) is 0 Å². The minimum Gasteiger partial charge on any atom is -0.495 e. The van der Waals surface area contributed by atoms with Crippen LogP contribution in [-0.2, 0) is 0 Å². The molecule has 15 heavy (non-hydrogen) atoms. The van der Waals surface area contributed by atoms with E-state index in [1.54, 1.807) is 7.11 Å². The van der Waals surface area contributed by atoms with Crippen molar-refractivity contribution in [3.63, 3.8) is 0 Å². The Morgan fingerprint density at radius 3 is 3.00 bits per heavy atom.